The highest BCUT2D eigenvalue weighted by Crippen LogP contribution is 2.37. The minimum Gasteiger partial charge on any atom is -0.481 e. The van der Waals surface area contributed by atoms with Gasteiger partial charge in [0.1, 0.15) is 5.82 Å². The largest absolute Gasteiger partial charge is 0.481 e. The highest BCUT2D eigenvalue weighted by atomic mass is 19.1. The number of nitrogens with zero attached hydrogens (tertiary/aromatic N) is 1. The number of rotatable bonds is 3. The van der Waals surface area contributed by atoms with Crippen LogP contribution in [0.2, 0.25) is 0 Å². The predicted octanol–water partition coefficient (Wildman–Crippen LogP) is 1.26. The highest BCUT2D eigenvalue weighted by Gasteiger charge is 2.51. The number of aliphatic carboxylic acids is 1. The Labute approximate surface area is 145 Å². The Morgan fingerprint density at radius 2 is 2.04 bits per heavy atom. The van der Waals surface area contributed by atoms with Gasteiger partial charge in [-0.15, -0.1) is 0 Å². The van der Waals surface area contributed by atoms with E-state index in [4.69, 9.17) is 0 Å². The molecule has 6 nitrogen and oxygen atoms in total. The molecule has 0 radical (unpaired) electrons. The quantitative estimate of drug-likeness (QED) is 0.861. The number of halogens is 1. The Bertz CT molecular complexity index is 726. The van der Waals surface area contributed by atoms with Gasteiger partial charge in [0.05, 0.1) is 17.9 Å². The van der Waals surface area contributed by atoms with Gasteiger partial charge in [-0.05, 0) is 43.0 Å². The van der Waals surface area contributed by atoms with E-state index >= 15 is 0 Å². The fourth-order valence-corrected chi connectivity index (χ4v) is 3.88. The lowest BCUT2D eigenvalue weighted by atomic mass is 9.77. The van der Waals surface area contributed by atoms with Gasteiger partial charge < -0.3 is 15.3 Å². The molecule has 0 aromatic heterocycles. The monoisotopic (exact) mass is 348 g/mol. The first-order valence-corrected chi connectivity index (χ1v) is 8.37. The number of hydrogen-bond donors (Lipinski definition) is 2. The van der Waals surface area contributed by atoms with Crippen molar-refractivity contribution in [2.75, 3.05) is 13.1 Å². The summed E-state index contributed by atoms with van der Waals surface area (Å²) in [5, 5.41) is 12.2. The van der Waals surface area contributed by atoms with Crippen LogP contribution in [0, 0.1) is 18.7 Å². The first-order chi connectivity index (χ1) is 11.8. The van der Waals surface area contributed by atoms with Crippen LogP contribution >= 0.6 is 0 Å². The molecule has 1 unspecified atom stereocenters. The molecule has 2 amide bonds. The lowest BCUT2D eigenvalue weighted by Gasteiger charge is -2.41. The maximum Gasteiger partial charge on any atom is 0.309 e. The van der Waals surface area contributed by atoms with Crippen molar-refractivity contribution in [2.24, 2.45) is 5.92 Å². The number of carboxylic acid groups (broad SMARTS) is 1. The molecule has 0 aliphatic carbocycles. The van der Waals surface area contributed by atoms with Crippen molar-refractivity contribution in [1.29, 1.82) is 0 Å². The van der Waals surface area contributed by atoms with E-state index in [2.05, 4.69) is 5.32 Å². The molecule has 0 saturated carbocycles. The molecule has 2 fully saturated rings. The minimum absolute atomic E-state index is 0.00193. The van der Waals surface area contributed by atoms with Crippen LogP contribution in [0.1, 0.15) is 30.4 Å². The fraction of sp³-hybridized carbons (Fsp3) is 0.500. The van der Waals surface area contributed by atoms with E-state index in [-0.39, 0.29) is 30.5 Å². The summed E-state index contributed by atoms with van der Waals surface area (Å²) in [4.78, 5) is 37.3. The third-order valence-corrected chi connectivity index (χ3v) is 5.40. The molecular formula is C18H21FN2O4. The summed E-state index contributed by atoms with van der Waals surface area (Å²) in [7, 11) is 0. The average molecular weight is 348 g/mol. The first-order valence-electron chi connectivity index (χ1n) is 8.37. The Hall–Kier alpha value is -2.44. The van der Waals surface area contributed by atoms with Gasteiger partial charge in [0, 0.05) is 19.5 Å². The van der Waals surface area contributed by atoms with Gasteiger partial charge in [-0.1, -0.05) is 6.07 Å². The molecule has 7 heteroatoms. The predicted molar refractivity (Wildman–Crippen MR) is 87.3 cm³/mol. The van der Waals surface area contributed by atoms with Crippen molar-refractivity contribution >= 4 is 17.8 Å². The molecule has 0 bridgehead atoms. The Balaban J connectivity index is 1.64. The van der Waals surface area contributed by atoms with E-state index in [1.807, 2.05) is 0 Å². The van der Waals surface area contributed by atoms with Crippen molar-refractivity contribution in [3.8, 4) is 0 Å². The summed E-state index contributed by atoms with van der Waals surface area (Å²) < 4.78 is 13.2. The van der Waals surface area contributed by atoms with Crippen LogP contribution in [0.3, 0.4) is 0 Å². The molecule has 25 heavy (non-hydrogen) atoms. The number of hydrogen-bond acceptors (Lipinski definition) is 3. The lowest BCUT2D eigenvalue weighted by molar-refractivity contribution is -0.145. The number of carbonyl (C=O) groups excluding carboxylic acids is 2. The number of aryl methyl sites for hydroxylation is 1. The molecule has 2 saturated heterocycles. The van der Waals surface area contributed by atoms with Gasteiger partial charge in [0.25, 0.3) is 0 Å². The highest BCUT2D eigenvalue weighted by molar-refractivity contribution is 5.88. The van der Waals surface area contributed by atoms with Crippen molar-refractivity contribution in [3.05, 3.63) is 35.1 Å². The summed E-state index contributed by atoms with van der Waals surface area (Å²) >= 11 is 0. The van der Waals surface area contributed by atoms with Gasteiger partial charge in [0.2, 0.25) is 11.8 Å². The van der Waals surface area contributed by atoms with Crippen molar-refractivity contribution < 1.29 is 23.9 Å². The van der Waals surface area contributed by atoms with Crippen LogP contribution in [0.25, 0.3) is 0 Å². The number of benzene rings is 1. The van der Waals surface area contributed by atoms with E-state index in [0.717, 1.165) is 11.1 Å². The second-order valence-corrected chi connectivity index (χ2v) is 6.93. The first kappa shape index (κ1) is 17.4. The molecule has 1 spiro atoms. The maximum absolute atomic E-state index is 13.2. The molecule has 2 N–H and O–H groups in total. The number of carbonyl (C=O) groups is 3. The molecule has 1 aromatic rings. The van der Waals surface area contributed by atoms with Crippen molar-refractivity contribution in [1.82, 2.24) is 10.2 Å². The van der Waals surface area contributed by atoms with Gasteiger partial charge >= 0.3 is 5.97 Å². The van der Waals surface area contributed by atoms with E-state index in [1.165, 1.54) is 12.1 Å². The second-order valence-electron chi connectivity index (χ2n) is 6.93. The smallest absolute Gasteiger partial charge is 0.309 e. The molecule has 3 rings (SSSR count). The number of carboxylic acids is 1. The molecule has 2 aliphatic heterocycles. The van der Waals surface area contributed by atoms with E-state index < -0.39 is 17.4 Å². The van der Waals surface area contributed by atoms with Gasteiger partial charge in [-0.2, -0.15) is 0 Å². The van der Waals surface area contributed by atoms with E-state index in [0.29, 0.717) is 25.9 Å². The third kappa shape index (κ3) is 3.36. The summed E-state index contributed by atoms with van der Waals surface area (Å²) in [6.07, 6.45) is 1.06. The number of amides is 2. The van der Waals surface area contributed by atoms with Crippen LogP contribution in [0.4, 0.5) is 4.39 Å². The zero-order valence-electron chi connectivity index (χ0n) is 14.0. The minimum atomic E-state index is -0.972. The summed E-state index contributed by atoms with van der Waals surface area (Å²) in [6, 6.07) is 4.36. The van der Waals surface area contributed by atoms with Gasteiger partial charge in [-0.3, -0.25) is 14.4 Å². The van der Waals surface area contributed by atoms with Gasteiger partial charge in [-0.25, -0.2) is 4.39 Å². The van der Waals surface area contributed by atoms with Crippen LogP contribution in [0.5, 0.6) is 0 Å². The Morgan fingerprint density at radius 3 is 2.64 bits per heavy atom. The van der Waals surface area contributed by atoms with Crippen LogP contribution in [-0.2, 0) is 20.8 Å². The number of likely N-dealkylation sites (tertiary alicyclic amines) is 1. The normalized spacial score (nSPS) is 22.1. The van der Waals surface area contributed by atoms with Crippen molar-refractivity contribution in [2.45, 2.75) is 38.1 Å². The fourth-order valence-electron chi connectivity index (χ4n) is 3.88. The SMILES string of the molecule is Cc1cc(F)ccc1CC(=O)N1CCC2(CC1)NC(=O)CC2C(=O)O. The zero-order chi connectivity index (χ0) is 18.2. The second kappa shape index (κ2) is 6.46. The molecule has 2 heterocycles. The van der Waals surface area contributed by atoms with Crippen LogP contribution in [0.15, 0.2) is 18.2 Å². The molecule has 1 aromatic carbocycles. The van der Waals surface area contributed by atoms with Crippen molar-refractivity contribution in [3.63, 3.8) is 0 Å². The van der Waals surface area contributed by atoms with E-state index in [9.17, 15) is 23.9 Å². The Morgan fingerprint density at radius 1 is 1.36 bits per heavy atom. The summed E-state index contributed by atoms with van der Waals surface area (Å²) in [6.45, 7) is 2.58. The molecule has 134 valence electrons. The van der Waals surface area contributed by atoms with E-state index in [1.54, 1.807) is 17.9 Å². The number of nitrogens with one attached hydrogen (secondary N) is 1. The number of piperidine rings is 1. The average Bonchev–Trinajstić information content (AvgIpc) is 2.87. The molecular weight excluding hydrogens is 327 g/mol. The Kier molecular flexibility index (Phi) is 4.49. The molecule has 1 atom stereocenters. The third-order valence-electron chi connectivity index (χ3n) is 5.40. The summed E-state index contributed by atoms with van der Waals surface area (Å²) in [5.74, 6) is -2.35. The van der Waals surface area contributed by atoms with Crippen LogP contribution in [-0.4, -0.2) is 46.4 Å². The lowest BCUT2D eigenvalue weighted by Crippen LogP contribution is -2.56. The van der Waals surface area contributed by atoms with Gasteiger partial charge in [0.15, 0.2) is 0 Å². The maximum atomic E-state index is 13.2. The zero-order valence-corrected chi connectivity index (χ0v) is 14.0. The standard InChI is InChI=1S/C18H21FN2O4/c1-11-8-13(19)3-2-12(11)9-16(23)21-6-4-18(5-7-21)14(17(24)25)10-15(22)20-18/h2-3,8,14H,4-7,9-10H2,1H3,(H,20,22)(H,24,25). The summed E-state index contributed by atoms with van der Waals surface area (Å²) in [5.41, 5.74) is 0.769. The van der Waals surface area contributed by atoms with Crippen LogP contribution < -0.4 is 5.32 Å². The molecule has 2 aliphatic rings. The topological polar surface area (TPSA) is 86.7 Å².